The van der Waals surface area contributed by atoms with Crippen LogP contribution in [0.15, 0.2) is 0 Å². The number of carbonyl (C=O) groups excluding carboxylic acids is 2. The maximum Gasteiger partial charge on any atom is 0.221 e. The summed E-state index contributed by atoms with van der Waals surface area (Å²) in [5.74, 6) is 0.105. The van der Waals surface area contributed by atoms with Gasteiger partial charge in [0.25, 0.3) is 0 Å². The lowest BCUT2D eigenvalue weighted by Gasteiger charge is -1.89. The number of ketones is 1. The molecule has 0 spiro atoms. The molecule has 0 radical (unpaired) electrons. The van der Waals surface area contributed by atoms with E-state index in [-0.39, 0.29) is 11.0 Å². The molecule has 0 bridgehead atoms. The molecular weight excluding hydrogens is 140 g/mol. The first kappa shape index (κ1) is 8.63. The van der Waals surface area contributed by atoms with Gasteiger partial charge < -0.3 is 4.79 Å². The second kappa shape index (κ2) is 4.50. The third kappa shape index (κ3) is 7.63. The quantitative estimate of drug-likeness (QED) is 0.567. The number of rotatable bonds is 4. The fraction of sp³-hybridized carbons (Fsp3) is 0.667. The first-order valence-electron chi connectivity index (χ1n) is 2.80. The van der Waals surface area contributed by atoms with Gasteiger partial charge in [-0.3, -0.25) is 4.79 Å². The van der Waals surface area contributed by atoms with E-state index in [9.17, 15) is 9.59 Å². The molecule has 9 heavy (non-hydrogen) atoms. The van der Waals surface area contributed by atoms with Gasteiger partial charge >= 0.3 is 0 Å². The smallest absolute Gasteiger partial charge is 0.221 e. The van der Waals surface area contributed by atoms with Crippen LogP contribution in [-0.2, 0) is 9.59 Å². The third-order valence-electron chi connectivity index (χ3n) is 0.902. The SMILES string of the molecule is CC(=O)CCCC(=O)Cl. The summed E-state index contributed by atoms with van der Waals surface area (Å²) >= 11 is 5.01. The van der Waals surface area contributed by atoms with Gasteiger partial charge in [-0.05, 0) is 24.9 Å². The molecule has 0 aliphatic rings. The number of Topliss-reactive ketones (excluding diaryl/α,β-unsaturated/α-hetero) is 1. The van der Waals surface area contributed by atoms with Crippen LogP contribution in [0.2, 0.25) is 0 Å². The number of hydrogen-bond donors (Lipinski definition) is 0. The summed E-state index contributed by atoms with van der Waals surface area (Å²) in [6.07, 6.45) is 1.34. The highest BCUT2D eigenvalue weighted by Crippen LogP contribution is 1.98. The lowest BCUT2D eigenvalue weighted by Crippen LogP contribution is -1.92. The van der Waals surface area contributed by atoms with E-state index >= 15 is 0 Å². The summed E-state index contributed by atoms with van der Waals surface area (Å²) in [5.41, 5.74) is 0. The van der Waals surface area contributed by atoms with Crippen LogP contribution in [0, 0.1) is 0 Å². The van der Waals surface area contributed by atoms with Crippen LogP contribution in [0.1, 0.15) is 26.2 Å². The Morgan fingerprint density at radius 2 is 1.89 bits per heavy atom. The van der Waals surface area contributed by atoms with E-state index in [0.29, 0.717) is 19.3 Å². The van der Waals surface area contributed by atoms with E-state index in [0.717, 1.165) is 0 Å². The normalized spacial score (nSPS) is 9.11. The van der Waals surface area contributed by atoms with Crippen molar-refractivity contribution in [1.82, 2.24) is 0 Å². The molecule has 0 amide bonds. The monoisotopic (exact) mass is 148 g/mol. The summed E-state index contributed by atoms with van der Waals surface area (Å²) in [6, 6.07) is 0. The van der Waals surface area contributed by atoms with Crippen molar-refractivity contribution in [3.8, 4) is 0 Å². The highest BCUT2D eigenvalue weighted by atomic mass is 35.5. The molecule has 0 aliphatic carbocycles. The molecule has 0 saturated heterocycles. The molecule has 52 valence electrons. The molecule has 2 nitrogen and oxygen atoms in total. The van der Waals surface area contributed by atoms with Gasteiger partial charge in [0.2, 0.25) is 5.24 Å². The van der Waals surface area contributed by atoms with Gasteiger partial charge in [-0.2, -0.15) is 0 Å². The number of carbonyl (C=O) groups is 2. The average molecular weight is 149 g/mol. The van der Waals surface area contributed by atoms with Crippen molar-refractivity contribution in [3.63, 3.8) is 0 Å². The maximum atomic E-state index is 10.3. The Kier molecular flexibility index (Phi) is 4.32. The lowest BCUT2D eigenvalue weighted by atomic mass is 10.2. The zero-order valence-electron chi connectivity index (χ0n) is 5.32. The molecule has 0 unspecified atom stereocenters. The number of halogens is 1. The van der Waals surface area contributed by atoms with Crippen LogP contribution < -0.4 is 0 Å². The zero-order valence-corrected chi connectivity index (χ0v) is 6.07. The van der Waals surface area contributed by atoms with Crippen molar-refractivity contribution in [2.75, 3.05) is 0 Å². The minimum Gasteiger partial charge on any atom is -0.300 e. The van der Waals surface area contributed by atoms with Gasteiger partial charge in [0.05, 0.1) is 0 Å². The molecule has 0 aromatic rings. The lowest BCUT2D eigenvalue weighted by molar-refractivity contribution is -0.117. The van der Waals surface area contributed by atoms with E-state index < -0.39 is 0 Å². The molecule has 0 aliphatic heterocycles. The Labute approximate surface area is 59.2 Å². The zero-order chi connectivity index (χ0) is 7.28. The van der Waals surface area contributed by atoms with Gasteiger partial charge in [-0.1, -0.05) is 0 Å². The van der Waals surface area contributed by atoms with E-state index in [1.54, 1.807) is 0 Å². The van der Waals surface area contributed by atoms with Gasteiger partial charge in [-0.25, -0.2) is 0 Å². The summed E-state index contributed by atoms with van der Waals surface area (Å²) in [7, 11) is 0. The Balaban J connectivity index is 3.10. The van der Waals surface area contributed by atoms with Crippen LogP contribution in [0.5, 0.6) is 0 Å². The summed E-state index contributed by atoms with van der Waals surface area (Å²) in [6.45, 7) is 1.50. The molecule has 0 N–H and O–H groups in total. The van der Waals surface area contributed by atoms with Crippen LogP contribution in [0.25, 0.3) is 0 Å². The topological polar surface area (TPSA) is 34.1 Å². The summed E-state index contributed by atoms with van der Waals surface area (Å²) in [5, 5.41) is -0.365. The van der Waals surface area contributed by atoms with Gasteiger partial charge in [-0.15, -0.1) is 0 Å². The summed E-state index contributed by atoms with van der Waals surface area (Å²) < 4.78 is 0. The number of hydrogen-bond acceptors (Lipinski definition) is 2. The van der Waals surface area contributed by atoms with Gasteiger partial charge in [0.1, 0.15) is 5.78 Å². The van der Waals surface area contributed by atoms with Gasteiger partial charge in [0.15, 0.2) is 0 Å². The van der Waals surface area contributed by atoms with Crippen molar-refractivity contribution >= 4 is 22.6 Å². The van der Waals surface area contributed by atoms with Gasteiger partial charge in [0, 0.05) is 12.8 Å². The van der Waals surface area contributed by atoms with Crippen LogP contribution in [0.4, 0.5) is 0 Å². The third-order valence-corrected chi connectivity index (χ3v) is 1.09. The van der Waals surface area contributed by atoms with Crippen molar-refractivity contribution < 1.29 is 9.59 Å². The fourth-order valence-corrected chi connectivity index (χ4v) is 0.610. The molecular formula is C6H9ClO2. The molecule has 0 atom stereocenters. The predicted molar refractivity (Wildman–Crippen MR) is 35.4 cm³/mol. The Hall–Kier alpha value is -0.370. The highest BCUT2D eigenvalue weighted by molar-refractivity contribution is 6.63. The first-order valence-corrected chi connectivity index (χ1v) is 3.18. The predicted octanol–water partition coefficient (Wildman–Crippen LogP) is 1.51. The van der Waals surface area contributed by atoms with Crippen molar-refractivity contribution in [2.45, 2.75) is 26.2 Å². The summed E-state index contributed by atoms with van der Waals surface area (Å²) in [4.78, 5) is 20.4. The van der Waals surface area contributed by atoms with Crippen LogP contribution >= 0.6 is 11.6 Å². The Morgan fingerprint density at radius 1 is 1.33 bits per heavy atom. The van der Waals surface area contributed by atoms with Crippen LogP contribution in [0.3, 0.4) is 0 Å². The minimum atomic E-state index is -0.365. The van der Waals surface area contributed by atoms with Crippen LogP contribution in [-0.4, -0.2) is 11.0 Å². The molecule has 0 saturated carbocycles. The van der Waals surface area contributed by atoms with E-state index in [4.69, 9.17) is 11.6 Å². The molecule has 3 heteroatoms. The molecule has 0 aromatic carbocycles. The minimum absolute atomic E-state index is 0.105. The Morgan fingerprint density at radius 3 is 2.22 bits per heavy atom. The molecule has 0 aromatic heterocycles. The van der Waals surface area contributed by atoms with E-state index in [1.807, 2.05) is 0 Å². The van der Waals surface area contributed by atoms with E-state index in [2.05, 4.69) is 0 Å². The largest absolute Gasteiger partial charge is 0.300 e. The second-order valence-corrected chi connectivity index (χ2v) is 2.33. The maximum absolute atomic E-state index is 10.3. The molecule has 0 heterocycles. The fourth-order valence-electron chi connectivity index (χ4n) is 0.476. The van der Waals surface area contributed by atoms with E-state index in [1.165, 1.54) is 6.92 Å². The molecule has 0 fully saturated rings. The average Bonchev–Trinajstić information content (AvgIpc) is 1.63. The Bertz CT molecular complexity index is 106. The standard InChI is InChI=1S/C6H9ClO2/c1-5(8)3-2-4-6(7)9/h2-4H2,1H3. The van der Waals surface area contributed by atoms with Crippen molar-refractivity contribution in [2.24, 2.45) is 0 Å². The first-order chi connectivity index (χ1) is 4.13. The van der Waals surface area contributed by atoms with Crippen molar-refractivity contribution in [3.05, 3.63) is 0 Å². The second-order valence-electron chi connectivity index (χ2n) is 1.91. The van der Waals surface area contributed by atoms with Crippen molar-refractivity contribution in [1.29, 1.82) is 0 Å². The molecule has 0 rings (SSSR count). The highest BCUT2D eigenvalue weighted by Gasteiger charge is 1.97.